The largest absolute Gasteiger partial charge is 0.360 e. The molecule has 5 heteroatoms. The molecule has 0 bridgehead atoms. The van der Waals surface area contributed by atoms with Crippen molar-refractivity contribution in [2.45, 2.75) is 52.0 Å². The first-order valence-electron chi connectivity index (χ1n) is 7.70. The van der Waals surface area contributed by atoms with Gasteiger partial charge in [-0.1, -0.05) is 19.0 Å². The lowest BCUT2D eigenvalue weighted by Gasteiger charge is -2.68. The van der Waals surface area contributed by atoms with Crippen LogP contribution in [-0.4, -0.2) is 42.6 Å². The molecule has 1 unspecified atom stereocenters. The van der Waals surface area contributed by atoms with Gasteiger partial charge in [-0.05, 0) is 12.8 Å². The molecule has 1 aliphatic heterocycles. The van der Waals surface area contributed by atoms with Crippen molar-refractivity contribution in [3.8, 4) is 0 Å². The summed E-state index contributed by atoms with van der Waals surface area (Å²) >= 11 is 0. The quantitative estimate of drug-likeness (QED) is 0.781. The van der Waals surface area contributed by atoms with Crippen LogP contribution in [0.15, 0.2) is 10.6 Å². The van der Waals surface area contributed by atoms with E-state index in [1.54, 1.807) is 14.2 Å². The minimum absolute atomic E-state index is 0.343. The molecule has 2 fully saturated rings. The summed E-state index contributed by atoms with van der Waals surface area (Å²) in [6.07, 6.45) is 1.98. The molecule has 1 aliphatic carbocycles. The number of methoxy groups -OCH3 is 2. The lowest BCUT2D eigenvalue weighted by Crippen LogP contribution is -2.75. The summed E-state index contributed by atoms with van der Waals surface area (Å²) in [5.74, 6) is 1.20. The molecular formula is C16H26N2O3. The first-order valence-corrected chi connectivity index (χ1v) is 7.70. The highest BCUT2D eigenvalue weighted by Gasteiger charge is 2.66. The van der Waals surface area contributed by atoms with Gasteiger partial charge in [0.05, 0.1) is 12.2 Å². The fourth-order valence-corrected chi connectivity index (χ4v) is 4.56. The third kappa shape index (κ3) is 2.31. The van der Waals surface area contributed by atoms with Crippen molar-refractivity contribution in [3.63, 3.8) is 0 Å². The second-order valence-electron chi connectivity index (χ2n) is 7.06. The van der Waals surface area contributed by atoms with E-state index < -0.39 is 0 Å². The predicted molar refractivity (Wildman–Crippen MR) is 78.7 cm³/mol. The molecule has 0 radical (unpaired) electrons. The number of nitrogens with zero attached hydrogens (tertiary/aromatic N) is 2. The Kier molecular flexibility index (Phi) is 3.62. The van der Waals surface area contributed by atoms with E-state index in [2.05, 4.69) is 23.9 Å². The average molecular weight is 294 g/mol. The number of ether oxygens (including phenoxy) is 2. The van der Waals surface area contributed by atoms with E-state index in [1.807, 2.05) is 13.0 Å². The Morgan fingerprint density at radius 1 is 1.38 bits per heavy atom. The third-order valence-electron chi connectivity index (χ3n) is 5.19. The van der Waals surface area contributed by atoms with Crippen LogP contribution in [0.2, 0.25) is 0 Å². The van der Waals surface area contributed by atoms with E-state index >= 15 is 0 Å². The van der Waals surface area contributed by atoms with Gasteiger partial charge in [0.25, 0.3) is 0 Å². The van der Waals surface area contributed by atoms with Gasteiger partial charge in [0.1, 0.15) is 0 Å². The minimum Gasteiger partial charge on any atom is -0.360 e. The molecular weight excluding hydrogens is 268 g/mol. The van der Waals surface area contributed by atoms with Crippen LogP contribution >= 0.6 is 0 Å². The second kappa shape index (κ2) is 5.07. The van der Waals surface area contributed by atoms with Crippen molar-refractivity contribution in [3.05, 3.63) is 17.5 Å². The maximum atomic E-state index is 5.57. The number of hydrogen-bond acceptors (Lipinski definition) is 5. The van der Waals surface area contributed by atoms with Gasteiger partial charge in [0.15, 0.2) is 11.5 Å². The molecule has 21 heavy (non-hydrogen) atoms. The van der Waals surface area contributed by atoms with E-state index in [1.165, 1.54) is 0 Å². The standard InChI is InChI=1S/C16H26N2O3/c1-11(2)14-15(8-16(9-15,19-4)20-5)10-18(14)7-13-6-12(3)17-21-13/h6,11,14H,7-10H2,1-5H3. The highest BCUT2D eigenvalue weighted by Crippen LogP contribution is 2.61. The monoisotopic (exact) mass is 294 g/mol. The van der Waals surface area contributed by atoms with Gasteiger partial charge in [-0.2, -0.15) is 0 Å². The summed E-state index contributed by atoms with van der Waals surface area (Å²) in [7, 11) is 3.49. The maximum absolute atomic E-state index is 5.57. The van der Waals surface area contributed by atoms with Crippen molar-refractivity contribution < 1.29 is 14.0 Å². The summed E-state index contributed by atoms with van der Waals surface area (Å²) in [5.41, 5.74) is 1.29. The molecule has 3 rings (SSSR count). The molecule has 5 nitrogen and oxygen atoms in total. The van der Waals surface area contributed by atoms with Gasteiger partial charge in [0, 0.05) is 51.1 Å². The molecule has 118 valence electrons. The molecule has 1 saturated carbocycles. The Labute approximate surface area is 126 Å². The van der Waals surface area contributed by atoms with E-state index in [0.29, 0.717) is 17.4 Å². The molecule has 0 amide bonds. The molecule has 1 aromatic heterocycles. The van der Waals surface area contributed by atoms with E-state index in [9.17, 15) is 0 Å². The van der Waals surface area contributed by atoms with Gasteiger partial charge in [0.2, 0.25) is 0 Å². The summed E-state index contributed by atoms with van der Waals surface area (Å²) < 4.78 is 16.5. The van der Waals surface area contributed by atoms with Crippen molar-refractivity contribution >= 4 is 0 Å². The normalized spacial score (nSPS) is 26.9. The molecule has 2 aliphatic rings. The summed E-state index contributed by atoms with van der Waals surface area (Å²) in [4.78, 5) is 2.50. The Balaban J connectivity index is 1.68. The second-order valence-corrected chi connectivity index (χ2v) is 7.06. The van der Waals surface area contributed by atoms with Crippen LogP contribution in [0.25, 0.3) is 0 Å². The smallest absolute Gasteiger partial charge is 0.168 e. The van der Waals surface area contributed by atoms with Crippen LogP contribution in [-0.2, 0) is 16.0 Å². The van der Waals surface area contributed by atoms with Crippen LogP contribution < -0.4 is 0 Å². The zero-order valence-electron chi connectivity index (χ0n) is 13.7. The number of hydrogen-bond donors (Lipinski definition) is 0. The lowest BCUT2D eigenvalue weighted by atomic mass is 9.52. The van der Waals surface area contributed by atoms with E-state index in [4.69, 9.17) is 14.0 Å². The number of likely N-dealkylation sites (tertiary alicyclic amines) is 1. The zero-order chi connectivity index (χ0) is 15.3. The van der Waals surface area contributed by atoms with Crippen LogP contribution in [0.1, 0.15) is 38.1 Å². The van der Waals surface area contributed by atoms with Crippen LogP contribution in [0.5, 0.6) is 0 Å². The van der Waals surface area contributed by atoms with Crippen LogP contribution in [0.3, 0.4) is 0 Å². The van der Waals surface area contributed by atoms with Crippen molar-refractivity contribution in [1.82, 2.24) is 10.1 Å². The first kappa shape index (κ1) is 15.0. The van der Waals surface area contributed by atoms with Gasteiger partial charge in [-0.15, -0.1) is 0 Å². The van der Waals surface area contributed by atoms with Gasteiger partial charge < -0.3 is 14.0 Å². The molecule has 0 aromatic carbocycles. The molecule has 2 heterocycles. The van der Waals surface area contributed by atoms with Gasteiger partial charge in [-0.25, -0.2) is 0 Å². The van der Waals surface area contributed by atoms with Crippen LogP contribution in [0, 0.1) is 18.3 Å². The van der Waals surface area contributed by atoms with Crippen molar-refractivity contribution in [2.75, 3.05) is 20.8 Å². The van der Waals surface area contributed by atoms with E-state index in [-0.39, 0.29) is 5.79 Å². The Bertz CT molecular complexity index is 499. The van der Waals surface area contributed by atoms with Crippen molar-refractivity contribution in [1.29, 1.82) is 0 Å². The Morgan fingerprint density at radius 2 is 2.05 bits per heavy atom. The number of aromatic nitrogens is 1. The molecule has 1 atom stereocenters. The predicted octanol–water partition coefficient (Wildman–Crippen LogP) is 2.59. The molecule has 0 N–H and O–H groups in total. The van der Waals surface area contributed by atoms with Crippen molar-refractivity contribution in [2.24, 2.45) is 11.3 Å². The van der Waals surface area contributed by atoms with E-state index in [0.717, 1.165) is 37.4 Å². The first-order chi connectivity index (χ1) is 9.93. The fourth-order valence-electron chi connectivity index (χ4n) is 4.56. The highest BCUT2D eigenvalue weighted by atomic mass is 16.7. The summed E-state index contributed by atoms with van der Waals surface area (Å²) in [6.45, 7) is 8.48. The lowest BCUT2D eigenvalue weighted by molar-refractivity contribution is -0.339. The highest BCUT2D eigenvalue weighted by molar-refractivity contribution is 5.16. The van der Waals surface area contributed by atoms with Gasteiger partial charge in [-0.3, -0.25) is 4.90 Å². The minimum atomic E-state index is -0.359. The maximum Gasteiger partial charge on any atom is 0.168 e. The topological polar surface area (TPSA) is 47.7 Å². The Hall–Kier alpha value is -0.910. The summed E-state index contributed by atoms with van der Waals surface area (Å²) in [5, 5.41) is 3.98. The van der Waals surface area contributed by atoms with Gasteiger partial charge >= 0.3 is 0 Å². The molecule has 1 saturated heterocycles. The fraction of sp³-hybridized carbons (Fsp3) is 0.812. The van der Waals surface area contributed by atoms with Crippen LogP contribution in [0.4, 0.5) is 0 Å². The third-order valence-corrected chi connectivity index (χ3v) is 5.19. The molecule has 1 spiro atoms. The summed E-state index contributed by atoms with van der Waals surface area (Å²) in [6, 6.07) is 2.58. The molecule has 1 aromatic rings. The number of aryl methyl sites for hydroxylation is 1. The average Bonchev–Trinajstić information content (AvgIpc) is 2.76. The zero-order valence-corrected chi connectivity index (χ0v) is 13.7. The Morgan fingerprint density at radius 3 is 2.52 bits per heavy atom. The number of rotatable bonds is 5. The SMILES string of the molecule is COC1(OC)CC2(CN(Cc3cc(C)no3)C2C(C)C)C1.